The molecule has 0 bridgehead atoms. The summed E-state index contributed by atoms with van der Waals surface area (Å²) in [4.78, 5) is 2.22. The molecule has 3 heteroatoms. The molecule has 1 aromatic rings. The lowest BCUT2D eigenvalue weighted by molar-refractivity contribution is 0.157. The van der Waals surface area contributed by atoms with Crippen LogP contribution in [0.4, 0.5) is 0 Å². The zero-order valence-corrected chi connectivity index (χ0v) is 11.7. The first-order valence-corrected chi connectivity index (χ1v) is 7.23. The van der Waals surface area contributed by atoms with Crippen molar-refractivity contribution in [2.45, 2.75) is 39.3 Å². The smallest absolute Gasteiger partial charge is 0.149 e. The molecule has 19 heavy (non-hydrogen) atoms. The minimum absolute atomic E-state index is 0.266. The number of hydrogen-bond acceptors (Lipinski definition) is 3. The highest BCUT2D eigenvalue weighted by Crippen LogP contribution is 2.37. The second-order valence-corrected chi connectivity index (χ2v) is 5.20. The number of benzene rings is 1. The second kappa shape index (κ2) is 5.08. The molecule has 100 valence electrons. The van der Waals surface area contributed by atoms with Crippen molar-refractivity contribution in [3.8, 4) is 0 Å². The van der Waals surface area contributed by atoms with Gasteiger partial charge < -0.3 is 4.90 Å². The van der Waals surface area contributed by atoms with Crippen LogP contribution in [0, 0.1) is 0 Å². The van der Waals surface area contributed by atoms with Crippen LogP contribution in [0.1, 0.15) is 49.5 Å². The number of hydrogen-bond donors (Lipinski definition) is 0. The van der Waals surface area contributed by atoms with Gasteiger partial charge in [-0.3, -0.25) is 5.01 Å². The van der Waals surface area contributed by atoms with Gasteiger partial charge in [-0.1, -0.05) is 38.5 Å². The molecule has 2 aliphatic rings. The van der Waals surface area contributed by atoms with Gasteiger partial charge in [-0.25, -0.2) is 0 Å². The van der Waals surface area contributed by atoms with Crippen molar-refractivity contribution < 1.29 is 0 Å². The van der Waals surface area contributed by atoms with Crippen LogP contribution in [-0.4, -0.2) is 22.8 Å². The lowest BCUT2D eigenvalue weighted by Crippen LogP contribution is -2.32. The first-order valence-electron chi connectivity index (χ1n) is 7.23. The Balaban J connectivity index is 2.04. The molecule has 1 aromatic carbocycles. The number of rotatable bonds is 4. The van der Waals surface area contributed by atoms with E-state index in [1.165, 1.54) is 23.1 Å². The standard InChI is InChI=1S/C16H21N3/c1-3-6-13-7-5-8-14-9-11-18-12-17-19(10-4-2)16(18)15(13)14/h5,7-9,11-12,16H,3-4,6,10H2,1-2H3. The maximum absolute atomic E-state index is 4.55. The van der Waals surface area contributed by atoms with Crippen molar-refractivity contribution in [1.82, 2.24) is 9.91 Å². The van der Waals surface area contributed by atoms with E-state index in [9.17, 15) is 0 Å². The Labute approximate surface area is 115 Å². The summed E-state index contributed by atoms with van der Waals surface area (Å²) in [6.07, 6.45) is 10.00. The molecule has 0 aliphatic carbocycles. The third kappa shape index (κ3) is 2.03. The van der Waals surface area contributed by atoms with Crippen molar-refractivity contribution in [2.24, 2.45) is 5.10 Å². The number of fused-ring (bicyclic) bond motifs is 3. The summed E-state index contributed by atoms with van der Waals surface area (Å²) in [6, 6.07) is 6.65. The second-order valence-electron chi connectivity index (χ2n) is 5.20. The van der Waals surface area contributed by atoms with Crippen LogP contribution in [0.5, 0.6) is 0 Å². The van der Waals surface area contributed by atoms with Crippen LogP contribution >= 0.6 is 0 Å². The van der Waals surface area contributed by atoms with E-state index in [1.54, 1.807) is 0 Å². The molecule has 0 radical (unpaired) electrons. The van der Waals surface area contributed by atoms with Crippen LogP contribution in [0.15, 0.2) is 29.5 Å². The number of aryl methyl sites for hydroxylation is 1. The van der Waals surface area contributed by atoms with E-state index >= 15 is 0 Å². The average molecular weight is 255 g/mol. The van der Waals surface area contributed by atoms with E-state index < -0.39 is 0 Å². The highest BCUT2D eigenvalue weighted by Gasteiger charge is 2.32. The summed E-state index contributed by atoms with van der Waals surface area (Å²) < 4.78 is 0. The Morgan fingerprint density at radius 1 is 1.21 bits per heavy atom. The van der Waals surface area contributed by atoms with Crippen molar-refractivity contribution in [2.75, 3.05) is 6.54 Å². The molecule has 2 aliphatic heterocycles. The Bertz CT molecular complexity index is 519. The molecule has 0 aromatic heterocycles. The fourth-order valence-electron chi connectivity index (χ4n) is 2.98. The topological polar surface area (TPSA) is 18.8 Å². The summed E-state index contributed by atoms with van der Waals surface area (Å²) in [7, 11) is 0. The van der Waals surface area contributed by atoms with E-state index in [1.807, 2.05) is 6.34 Å². The Morgan fingerprint density at radius 2 is 2.11 bits per heavy atom. The van der Waals surface area contributed by atoms with Gasteiger partial charge in [0.2, 0.25) is 0 Å². The SMILES string of the molecule is CCCc1cccc2c1C1N(C=C2)C=NN1CCC. The van der Waals surface area contributed by atoms with Gasteiger partial charge in [-0.05, 0) is 30.0 Å². The third-order valence-electron chi connectivity index (χ3n) is 3.78. The van der Waals surface area contributed by atoms with Gasteiger partial charge in [-0.15, -0.1) is 0 Å². The fourth-order valence-corrected chi connectivity index (χ4v) is 2.98. The van der Waals surface area contributed by atoms with E-state index in [0.717, 1.165) is 19.4 Å². The van der Waals surface area contributed by atoms with Gasteiger partial charge in [0.1, 0.15) is 12.5 Å². The van der Waals surface area contributed by atoms with Gasteiger partial charge in [0, 0.05) is 18.3 Å². The van der Waals surface area contributed by atoms with Crippen LogP contribution < -0.4 is 0 Å². The third-order valence-corrected chi connectivity index (χ3v) is 3.78. The molecule has 0 amide bonds. The molecule has 1 atom stereocenters. The number of hydrazone groups is 1. The van der Waals surface area contributed by atoms with Gasteiger partial charge >= 0.3 is 0 Å². The molecule has 0 saturated carbocycles. The molecular weight excluding hydrogens is 234 g/mol. The highest BCUT2D eigenvalue weighted by molar-refractivity contribution is 5.68. The first kappa shape index (κ1) is 12.3. The first-order chi connectivity index (χ1) is 9.35. The molecule has 3 nitrogen and oxygen atoms in total. The van der Waals surface area contributed by atoms with Gasteiger partial charge in [-0.2, -0.15) is 5.10 Å². The molecule has 0 spiro atoms. The summed E-state index contributed by atoms with van der Waals surface area (Å²) in [5, 5.41) is 6.76. The molecule has 0 fully saturated rings. The van der Waals surface area contributed by atoms with Crippen molar-refractivity contribution in [1.29, 1.82) is 0 Å². The minimum atomic E-state index is 0.266. The van der Waals surface area contributed by atoms with Gasteiger partial charge in [0.05, 0.1) is 0 Å². The van der Waals surface area contributed by atoms with E-state index in [2.05, 4.69) is 59.3 Å². The molecule has 1 unspecified atom stereocenters. The van der Waals surface area contributed by atoms with Crippen LogP contribution in [0.25, 0.3) is 6.08 Å². The quantitative estimate of drug-likeness (QED) is 0.818. The monoisotopic (exact) mass is 255 g/mol. The molecule has 2 heterocycles. The summed E-state index contributed by atoms with van der Waals surface area (Å²) in [6.45, 7) is 5.45. The maximum atomic E-state index is 4.55. The van der Waals surface area contributed by atoms with Crippen LogP contribution in [-0.2, 0) is 6.42 Å². The largest absolute Gasteiger partial charge is 0.311 e. The minimum Gasteiger partial charge on any atom is -0.311 e. The summed E-state index contributed by atoms with van der Waals surface area (Å²) in [5.74, 6) is 0. The molecular formula is C16H21N3. The fraction of sp³-hybridized carbons (Fsp3) is 0.438. The lowest BCUT2D eigenvalue weighted by Gasteiger charge is -2.34. The van der Waals surface area contributed by atoms with Crippen molar-refractivity contribution in [3.63, 3.8) is 0 Å². The average Bonchev–Trinajstić information content (AvgIpc) is 2.83. The Hall–Kier alpha value is -1.77. The van der Waals surface area contributed by atoms with E-state index in [4.69, 9.17) is 0 Å². The van der Waals surface area contributed by atoms with Crippen molar-refractivity contribution in [3.05, 3.63) is 41.1 Å². The number of nitrogens with zero attached hydrogens (tertiary/aromatic N) is 3. The van der Waals surface area contributed by atoms with Crippen LogP contribution in [0.2, 0.25) is 0 Å². The Morgan fingerprint density at radius 3 is 2.89 bits per heavy atom. The zero-order chi connectivity index (χ0) is 13.2. The van der Waals surface area contributed by atoms with Crippen molar-refractivity contribution >= 4 is 12.4 Å². The summed E-state index contributed by atoms with van der Waals surface area (Å²) in [5.41, 5.74) is 4.25. The zero-order valence-electron chi connectivity index (χ0n) is 11.7. The van der Waals surface area contributed by atoms with Gasteiger partial charge in [0.25, 0.3) is 0 Å². The molecule has 0 saturated heterocycles. The summed E-state index contributed by atoms with van der Waals surface area (Å²) >= 11 is 0. The predicted molar refractivity (Wildman–Crippen MR) is 79.5 cm³/mol. The van der Waals surface area contributed by atoms with Gasteiger partial charge in [0.15, 0.2) is 0 Å². The van der Waals surface area contributed by atoms with E-state index in [0.29, 0.717) is 0 Å². The van der Waals surface area contributed by atoms with Crippen LogP contribution in [0.3, 0.4) is 0 Å². The normalized spacial score (nSPS) is 19.8. The predicted octanol–water partition coefficient (Wildman–Crippen LogP) is 3.59. The maximum Gasteiger partial charge on any atom is 0.149 e. The molecule has 3 rings (SSSR count). The Kier molecular flexibility index (Phi) is 3.28. The van der Waals surface area contributed by atoms with E-state index in [-0.39, 0.29) is 6.17 Å². The highest BCUT2D eigenvalue weighted by atomic mass is 15.6. The molecule has 0 N–H and O–H groups in total. The lowest BCUT2D eigenvalue weighted by atomic mass is 9.93.